The van der Waals surface area contributed by atoms with E-state index < -0.39 is 10.0 Å². The maximum atomic E-state index is 11.5. The van der Waals surface area contributed by atoms with Crippen LogP contribution in [0, 0.1) is 0 Å². The van der Waals surface area contributed by atoms with Gasteiger partial charge < -0.3 is 10.4 Å². The average molecular weight is 277 g/mol. The fourth-order valence-electron chi connectivity index (χ4n) is 1.23. The highest BCUT2D eigenvalue weighted by Crippen LogP contribution is 1.94. The topological polar surface area (TPSA) is 100 Å². The predicted octanol–water partition coefficient (Wildman–Crippen LogP) is -1.75. The fraction of sp³-hybridized carbons (Fsp3) is 0.778. The first-order valence-corrected chi connectivity index (χ1v) is 7.17. The summed E-state index contributed by atoms with van der Waals surface area (Å²) < 4.78 is 25.6. The van der Waals surface area contributed by atoms with E-state index in [1.54, 1.807) is 6.20 Å². The highest BCUT2D eigenvalue weighted by molar-refractivity contribution is 7.89. The molecule has 1 aromatic heterocycles. The van der Waals surface area contributed by atoms with Gasteiger partial charge in [-0.1, -0.05) is 5.21 Å². The Kier molecular flexibility index (Phi) is 5.66. The monoisotopic (exact) mass is 277 g/mol. The molecule has 1 rings (SSSR count). The molecule has 0 atom stereocenters. The molecule has 1 aromatic rings. The van der Waals surface area contributed by atoms with Gasteiger partial charge in [0.25, 0.3) is 0 Å². The van der Waals surface area contributed by atoms with E-state index in [1.807, 2.05) is 0 Å². The van der Waals surface area contributed by atoms with Gasteiger partial charge in [-0.25, -0.2) is 17.4 Å². The Morgan fingerprint density at radius 3 is 2.83 bits per heavy atom. The summed E-state index contributed by atoms with van der Waals surface area (Å²) in [6.45, 7) is 1.22. The van der Waals surface area contributed by atoms with Crippen molar-refractivity contribution in [3.8, 4) is 0 Å². The highest BCUT2D eigenvalue weighted by atomic mass is 32.2. The molecule has 0 aliphatic rings. The van der Waals surface area contributed by atoms with Crippen LogP contribution in [0.15, 0.2) is 6.20 Å². The number of hydrogen-bond donors (Lipinski definition) is 2. The number of nitrogens with one attached hydrogen (secondary N) is 1. The lowest BCUT2D eigenvalue weighted by molar-refractivity contribution is 0.268. The van der Waals surface area contributed by atoms with Crippen molar-refractivity contribution in [3.63, 3.8) is 0 Å². The second-order valence-corrected chi connectivity index (χ2v) is 6.27. The molecule has 18 heavy (non-hydrogen) atoms. The van der Waals surface area contributed by atoms with Crippen LogP contribution < -0.4 is 5.32 Å². The molecule has 1 heterocycles. The van der Waals surface area contributed by atoms with Crippen LogP contribution in [-0.2, 0) is 23.1 Å². The minimum Gasteiger partial charge on any atom is -0.394 e. The maximum absolute atomic E-state index is 11.5. The molecule has 9 heteroatoms. The molecular formula is C9H19N5O3S. The van der Waals surface area contributed by atoms with Crippen molar-refractivity contribution < 1.29 is 13.5 Å². The van der Waals surface area contributed by atoms with Crippen LogP contribution in [0.5, 0.6) is 0 Å². The van der Waals surface area contributed by atoms with E-state index in [0.29, 0.717) is 25.3 Å². The summed E-state index contributed by atoms with van der Waals surface area (Å²) in [5, 5.41) is 19.4. The van der Waals surface area contributed by atoms with Crippen molar-refractivity contribution >= 4 is 10.0 Å². The zero-order valence-electron chi connectivity index (χ0n) is 10.6. The summed E-state index contributed by atoms with van der Waals surface area (Å²) in [6.07, 6.45) is 1.71. The third-order valence-corrected chi connectivity index (χ3v) is 4.15. The Labute approximate surface area is 107 Å². The molecular weight excluding hydrogens is 258 g/mol. The van der Waals surface area contributed by atoms with E-state index in [-0.39, 0.29) is 12.4 Å². The van der Waals surface area contributed by atoms with Gasteiger partial charge in [-0.05, 0) is 0 Å². The van der Waals surface area contributed by atoms with Crippen LogP contribution >= 0.6 is 0 Å². The summed E-state index contributed by atoms with van der Waals surface area (Å²) in [7, 11) is -0.140. The van der Waals surface area contributed by atoms with Gasteiger partial charge in [0.1, 0.15) is 0 Å². The van der Waals surface area contributed by atoms with Crippen LogP contribution in [0.2, 0.25) is 0 Å². The third kappa shape index (κ3) is 4.69. The number of rotatable bonds is 8. The lowest BCUT2D eigenvalue weighted by Gasteiger charge is -2.10. The zero-order valence-corrected chi connectivity index (χ0v) is 11.4. The van der Waals surface area contributed by atoms with E-state index in [2.05, 4.69) is 15.6 Å². The van der Waals surface area contributed by atoms with Gasteiger partial charge in [-0.15, -0.1) is 5.10 Å². The van der Waals surface area contributed by atoms with E-state index >= 15 is 0 Å². The number of nitrogens with zero attached hydrogens (tertiary/aromatic N) is 4. The van der Waals surface area contributed by atoms with Gasteiger partial charge in [0, 0.05) is 33.4 Å². The lowest BCUT2D eigenvalue weighted by Crippen LogP contribution is -2.31. The molecule has 104 valence electrons. The Bertz CT molecular complexity index is 457. The van der Waals surface area contributed by atoms with Crippen molar-refractivity contribution in [2.24, 2.45) is 0 Å². The number of aliphatic hydroxyl groups excluding tert-OH is 1. The van der Waals surface area contributed by atoms with Gasteiger partial charge in [-0.2, -0.15) is 0 Å². The number of aliphatic hydroxyl groups is 1. The van der Waals surface area contributed by atoms with E-state index in [4.69, 9.17) is 5.11 Å². The Hall–Kier alpha value is -1.03. The van der Waals surface area contributed by atoms with Crippen LogP contribution in [0.4, 0.5) is 0 Å². The first kappa shape index (κ1) is 15.0. The molecule has 0 bridgehead atoms. The molecule has 8 nitrogen and oxygen atoms in total. The number of hydrogen-bond acceptors (Lipinski definition) is 6. The van der Waals surface area contributed by atoms with Crippen molar-refractivity contribution in [2.75, 3.05) is 33.0 Å². The van der Waals surface area contributed by atoms with Crippen LogP contribution in [0.25, 0.3) is 0 Å². The van der Waals surface area contributed by atoms with Gasteiger partial charge in [0.05, 0.1) is 24.6 Å². The first-order chi connectivity index (χ1) is 8.45. The van der Waals surface area contributed by atoms with Gasteiger partial charge >= 0.3 is 0 Å². The standard InChI is InChI=1S/C9H19N5O3S/c1-13(2)18(16,17)6-3-10-7-9-8-14(4-5-15)12-11-9/h8,10,15H,3-7H2,1-2H3. The second kappa shape index (κ2) is 6.78. The van der Waals surface area contributed by atoms with E-state index in [0.717, 1.165) is 0 Å². The van der Waals surface area contributed by atoms with Crippen molar-refractivity contribution in [1.82, 2.24) is 24.6 Å². The van der Waals surface area contributed by atoms with Gasteiger partial charge in [0.15, 0.2) is 0 Å². The smallest absolute Gasteiger partial charge is 0.214 e. The quantitative estimate of drug-likeness (QED) is 0.547. The molecule has 0 aromatic carbocycles. The molecule has 2 N–H and O–H groups in total. The first-order valence-electron chi connectivity index (χ1n) is 5.56. The van der Waals surface area contributed by atoms with E-state index in [1.165, 1.54) is 23.1 Å². The summed E-state index contributed by atoms with van der Waals surface area (Å²) in [5.74, 6) is 0.0464. The summed E-state index contributed by atoms with van der Waals surface area (Å²) in [5.41, 5.74) is 0.714. The lowest BCUT2D eigenvalue weighted by atomic mass is 10.4. The highest BCUT2D eigenvalue weighted by Gasteiger charge is 2.12. The summed E-state index contributed by atoms with van der Waals surface area (Å²) >= 11 is 0. The molecule has 0 saturated heterocycles. The van der Waals surface area contributed by atoms with E-state index in [9.17, 15) is 8.42 Å². The number of aromatic nitrogens is 3. The van der Waals surface area contributed by atoms with Gasteiger partial charge in [0.2, 0.25) is 10.0 Å². The normalized spacial score (nSPS) is 12.2. The van der Waals surface area contributed by atoms with Crippen LogP contribution in [0.1, 0.15) is 5.69 Å². The molecule has 0 aliphatic heterocycles. The molecule has 0 radical (unpaired) electrons. The van der Waals surface area contributed by atoms with Crippen molar-refractivity contribution in [1.29, 1.82) is 0 Å². The summed E-state index contributed by atoms with van der Waals surface area (Å²) in [6, 6.07) is 0. The Balaban J connectivity index is 2.29. The summed E-state index contributed by atoms with van der Waals surface area (Å²) in [4.78, 5) is 0. The maximum Gasteiger partial charge on any atom is 0.214 e. The molecule has 0 amide bonds. The molecule has 0 aliphatic carbocycles. The third-order valence-electron chi connectivity index (χ3n) is 2.31. The largest absolute Gasteiger partial charge is 0.394 e. The Morgan fingerprint density at radius 2 is 2.22 bits per heavy atom. The van der Waals surface area contributed by atoms with Gasteiger partial charge in [-0.3, -0.25) is 0 Å². The molecule has 0 spiro atoms. The zero-order chi connectivity index (χ0) is 13.6. The van der Waals surface area contributed by atoms with Crippen LogP contribution in [0.3, 0.4) is 0 Å². The second-order valence-electron chi connectivity index (χ2n) is 3.97. The molecule has 0 saturated carbocycles. The predicted molar refractivity (Wildman–Crippen MR) is 66.3 cm³/mol. The Morgan fingerprint density at radius 1 is 1.50 bits per heavy atom. The molecule has 0 fully saturated rings. The van der Waals surface area contributed by atoms with Crippen LogP contribution in [-0.4, -0.2) is 65.8 Å². The van der Waals surface area contributed by atoms with Crippen molar-refractivity contribution in [2.45, 2.75) is 13.1 Å². The minimum absolute atomic E-state index is 0.0112. The average Bonchev–Trinajstić information content (AvgIpc) is 2.73. The fourth-order valence-corrected chi connectivity index (χ4v) is 2.00. The SMILES string of the molecule is CN(C)S(=O)(=O)CCNCc1cn(CCO)nn1. The van der Waals surface area contributed by atoms with Crippen molar-refractivity contribution in [3.05, 3.63) is 11.9 Å². The molecule has 0 unspecified atom stereocenters. The minimum atomic E-state index is -3.16. The number of sulfonamides is 1.